The molecule has 38 heavy (non-hydrogen) atoms. The highest BCUT2D eigenvalue weighted by Gasteiger charge is 2.21. The summed E-state index contributed by atoms with van der Waals surface area (Å²) in [5.74, 6) is 0. The van der Waals surface area contributed by atoms with Gasteiger partial charge in [-0.05, 0) is 50.2 Å². The molecule has 0 amide bonds. The first kappa shape index (κ1) is 26.8. The average Bonchev–Trinajstić information content (AvgIpc) is 3.68. The summed E-state index contributed by atoms with van der Waals surface area (Å²) in [6.45, 7) is 5.37. The van der Waals surface area contributed by atoms with Crippen LogP contribution < -0.4 is 11.1 Å². The van der Waals surface area contributed by atoms with Crippen molar-refractivity contribution < 1.29 is 4.79 Å². The third-order valence-electron chi connectivity index (χ3n) is 6.16. The number of aromatic nitrogens is 6. The number of benzene rings is 2. The number of aromatic amines is 1. The molecule has 0 radical (unpaired) electrons. The van der Waals surface area contributed by atoms with E-state index in [9.17, 15) is 4.79 Å². The van der Waals surface area contributed by atoms with E-state index < -0.39 is 0 Å². The first-order chi connectivity index (χ1) is 18.3. The van der Waals surface area contributed by atoms with Crippen LogP contribution in [-0.4, -0.2) is 61.8 Å². The zero-order valence-corrected chi connectivity index (χ0v) is 22.5. The number of aliphatic imine (C=N–C) groups is 1. The van der Waals surface area contributed by atoms with Gasteiger partial charge in [0.2, 0.25) is 6.41 Å². The topological polar surface area (TPSA) is 132 Å². The van der Waals surface area contributed by atoms with Crippen LogP contribution in [0.1, 0.15) is 23.6 Å². The van der Waals surface area contributed by atoms with Gasteiger partial charge < -0.3 is 11.1 Å². The number of nitrogens with two attached hydrogens (primary N) is 1. The maximum absolute atomic E-state index is 9.79. The predicted octanol–water partition coefficient (Wildman–Crippen LogP) is 3.84. The molecule has 5 aromatic rings. The van der Waals surface area contributed by atoms with Crippen LogP contribution in [0.3, 0.4) is 0 Å². The van der Waals surface area contributed by atoms with Crippen LogP contribution >= 0.6 is 11.6 Å². The number of imidazole rings is 1. The van der Waals surface area contributed by atoms with Crippen molar-refractivity contribution in [2.45, 2.75) is 13.8 Å². The highest BCUT2D eigenvalue weighted by atomic mass is 35.5. The maximum atomic E-state index is 9.79. The minimum absolute atomic E-state index is 0.617. The van der Waals surface area contributed by atoms with Crippen LogP contribution in [-0.2, 0) is 11.8 Å². The van der Waals surface area contributed by atoms with Gasteiger partial charge in [0.1, 0.15) is 6.33 Å². The van der Waals surface area contributed by atoms with E-state index in [1.807, 2.05) is 57.0 Å². The van der Waals surface area contributed by atoms with Gasteiger partial charge in [0.25, 0.3) is 0 Å². The van der Waals surface area contributed by atoms with E-state index in [1.54, 1.807) is 18.6 Å². The summed E-state index contributed by atoms with van der Waals surface area (Å²) in [6.07, 6.45) is 8.88. The van der Waals surface area contributed by atoms with Crippen LogP contribution in [0.4, 0.5) is 0 Å². The number of nitrogens with one attached hydrogen (secondary N) is 2. The predicted molar refractivity (Wildman–Crippen MR) is 154 cm³/mol. The van der Waals surface area contributed by atoms with E-state index in [1.165, 1.54) is 10.9 Å². The number of nitrogens with zero attached hydrogens (tertiary/aromatic N) is 6. The van der Waals surface area contributed by atoms with Crippen LogP contribution in [0.2, 0.25) is 5.02 Å². The molecule has 4 N–H and O–H groups in total. The lowest BCUT2D eigenvalue weighted by molar-refractivity contribution is 0.547. The maximum Gasteiger partial charge on any atom is 0.218 e. The normalized spacial score (nSPS) is 12.4. The Balaban J connectivity index is 0.000000417. The molecule has 0 unspecified atom stereocenters. The first-order valence-corrected chi connectivity index (χ1v) is 12.4. The van der Waals surface area contributed by atoms with Gasteiger partial charge >= 0.3 is 0 Å². The number of fused-ring (bicyclic) bond motifs is 2. The van der Waals surface area contributed by atoms with Gasteiger partial charge in [0.05, 0.1) is 35.0 Å². The summed E-state index contributed by atoms with van der Waals surface area (Å²) in [5, 5.41) is 17.3. The molecule has 2 aromatic carbocycles. The molecule has 3 heterocycles. The Hall–Kier alpha value is -4.28. The number of halogens is 1. The number of carbonyl (C=O) groups excluding carboxylic acids is 1. The van der Waals surface area contributed by atoms with E-state index in [0.29, 0.717) is 23.7 Å². The Morgan fingerprint density at radius 1 is 1.29 bits per heavy atom. The lowest BCUT2D eigenvalue weighted by atomic mass is 9.92. The summed E-state index contributed by atoms with van der Waals surface area (Å²) in [6, 6.07) is 8.09. The van der Waals surface area contributed by atoms with E-state index >= 15 is 0 Å². The van der Waals surface area contributed by atoms with Gasteiger partial charge in [-0.15, -0.1) is 0 Å². The number of likely N-dealkylation sites (N-methyl/N-ethyl adjacent to an activating group) is 1. The molecule has 0 fully saturated rings. The van der Waals surface area contributed by atoms with Gasteiger partial charge in [-0.1, -0.05) is 17.7 Å². The number of H-pyrrole nitrogens is 1. The fourth-order valence-corrected chi connectivity index (χ4v) is 4.43. The van der Waals surface area contributed by atoms with E-state index in [-0.39, 0.29) is 0 Å². The summed E-state index contributed by atoms with van der Waals surface area (Å²) >= 11 is 6.85. The fraction of sp³-hybridized carbons (Fsp3) is 0.222. The van der Waals surface area contributed by atoms with Crippen molar-refractivity contribution in [1.29, 1.82) is 0 Å². The van der Waals surface area contributed by atoms with Crippen molar-refractivity contribution >= 4 is 56.8 Å². The Morgan fingerprint density at radius 3 is 2.79 bits per heavy atom. The van der Waals surface area contributed by atoms with Gasteiger partial charge in [-0.2, -0.15) is 10.2 Å². The number of hydrogen-bond donors (Lipinski definition) is 3. The van der Waals surface area contributed by atoms with Crippen LogP contribution in [0.15, 0.2) is 60.4 Å². The second kappa shape index (κ2) is 11.8. The minimum Gasteiger partial charge on any atom is -0.398 e. The first-order valence-electron chi connectivity index (χ1n) is 12.0. The zero-order valence-electron chi connectivity index (χ0n) is 21.7. The van der Waals surface area contributed by atoms with Crippen molar-refractivity contribution in [2.24, 2.45) is 17.8 Å². The Labute approximate surface area is 225 Å². The molecule has 5 rings (SSSR count). The molecule has 11 heteroatoms. The molecule has 3 aromatic heterocycles. The SMILES string of the molecule is CNCCN=C(C)/C(=C(\N)c1ccc2c(cnn2C)c1)c1c(Cl)c(C)cc2[nH]ncc12.O=Cn1ccnc1. The molecule has 0 saturated carbocycles. The second-order valence-electron chi connectivity index (χ2n) is 8.73. The summed E-state index contributed by atoms with van der Waals surface area (Å²) in [5.41, 5.74) is 13.7. The fourth-order valence-electron chi connectivity index (χ4n) is 4.18. The number of carbonyl (C=O) groups is 1. The minimum atomic E-state index is 0.617. The largest absolute Gasteiger partial charge is 0.398 e. The van der Waals surface area contributed by atoms with E-state index in [4.69, 9.17) is 22.3 Å². The average molecular weight is 532 g/mol. The molecule has 10 nitrogen and oxygen atoms in total. The molecule has 196 valence electrons. The standard InChI is InChI=1S/C23H26ClN7.C4H4N2O/c1-13-9-18-17(12-28-30-18)21(22(13)24)20(14(2)27-8-7-26-3)23(25)15-5-6-19-16(10-15)11-29-31(19)4;7-4-6-2-1-5-3-6/h5-6,9-12,26H,7-8,25H2,1-4H3,(H,28,30);1-4H/b23-20+,27-14?;. The Bertz CT molecular complexity index is 1630. The highest BCUT2D eigenvalue weighted by molar-refractivity contribution is 6.40. The van der Waals surface area contributed by atoms with Crippen molar-refractivity contribution in [1.82, 2.24) is 34.8 Å². The molecular weight excluding hydrogens is 502 g/mol. The number of allylic oxidation sites excluding steroid dienone is 1. The monoisotopic (exact) mass is 531 g/mol. The number of rotatable bonds is 7. The van der Waals surface area contributed by atoms with E-state index in [2.05, 4.69) is 31.7 Å². The van der Waals surface area contributed by atoms with Gasteiger partial charge in [-0.25, -0.2) is 4.98 Å². The van der Waals surface area contributed by atoms with Gasteiger partial charge in [-0.3, -0.25) is 24.1 Å². The quantitative estimate of drug-likeness (QED) is 0.126. The smallest absolute Gasteiger partial charge is 0.218 e. The third kappa shape index (κ3) is 5.51. The lowest BCUT2D eigenvalue weighted by Gasteiger charge is -2.17. The molecular formula is C27H30ClN9O. The van der Waals surface area contributed by atoms with Crippen molar-refractivity contribution in [2.75, 3.05) is 20.1 Å². The number of aryl methyl sites for hydroxylation is 2. The van der Waals surface area contributed by atoms with Crippen LogP contribution in [0.25, 0.3) is 33.1 Å². The van der Waals surface area contributed by atoms with Crippen molar-refractivity contribution in [3.8, 4) is 0 Å². The third-order valence-corrected chi connectivity index (χ3v) is 6.65. The zero-order chi connectivity index (χ0) is 27.2. The summed E-state index contributed by atoms with van der Waals surface area (Å²) in [7, 11) is 3.83. The summed E-state index contributed by atoms with van der Waals surface area (Å²) < 4.78 is 3.18. The molecule has 0 aliphatic heterocycles. The molecule has 0 aliphatic carbocycles. The van der Waals surface area contributed by atoms with Crippen molar-refractivity contribution in [3.05, 3.63) is 77.1 Å². The lowest BCUT2D eigenvalue weighted by Crippen LogP contribution is -2.13. The molecule has 0 spiro atoms. The molecule has 0 bridgehead atoms. The second-order valence-corrected chi connectivity index (χ2v) is 9.11. The van der Waals surface area contributed by atoms with Crippen molar-refractivity contribution in [3.63, 3.8) is 0 Å². The van der Waals surface area contributed by atoms with E-state index in [0.717, 1.165) is 56.3 Å². The van der Waals surface area contributed by atoms with Gasteiger partial charge in [0, 0.05) is 59.3 Å². The number of hydrogen-bond acceptors (Lipinski definition) is 7. The molecule has 0 atom stereocenters. The van der Waals surface area contributed by atoms with Crippen LogP contribution in [0, 0.1) is 6.92 Å². The molecule has 0 saturated heterocycles. The Morgan fingerprint density at radius 2 is 2.11 bits per heavy atom. The van der Waals surface area contributed by atoms with Crippen LogP contribution in [0.5, 0.6) is 0 Å². The highest BCUT2D eigenvalue weighted by Crippen LogP contribution is 2.37. The Kier molecular flexibility index (Phi) is 8.35. The molecule has 0 aliphatic rings. The van der Waals surface area contributed by atoms with Gasteiger partial charge in [0.15, 0.2) is 0 Å². The summed E-state index contributed by atoms with van der Waals surface area (Å²) in [4.78, 5) is 18.2.